The Balaban J connectivity index is 2.10. The molecule has 5 nitrogen and oxygen atoms in total. The van der Waals surface area contributed by atoms with Crippen LogP contribution in [-0.2, 0) is 16.6 Å². The number of hydrogen-bond acceptors (Lipinski definition) is 5. The lowest BCUT2D eigenvalue weighted by Gasteiger charge is -1.95. The highest BCUT2D eigenvalue weighted by molar-refractivity contribution is 7.84. The van der Waals surface area contributed by atoms with Gasteiger partial charge in [-0.05, 0) is 6.92 Å². The molecule has 0 spiro atoms. The zero-order valence-electron chi connectivity index (χ0n) is 10.00. The van der Waals surface area contributed by atoms with E-state index in [0.29, 0.717) is 11.7 Å². The smallest absolute Gasteiger partial charge is 0.239 e. The fraction of sp³-hybridized carbons (Fsp3) is 0.333. The fourth-order valence-electron chi connectivity index (χ4n) is 1.45. The molecule has 96 valence electrons. The minimum absolute atomic E-state index is 0.106. The monoisotopic (exact) mass is 266 g/mol. The summed E-state index contributed by atoms with van der Waals surface area (Å²) in [4.78, 5) is 4.18. The fourth-order valence-corrected chi connectivity index (χ4v) is 2.19. The number of aliphatic hydroxyl groups is 1. The molecule has 0 saturated heterocycles. The van der Waals surface area contributed by atoms with Crippen LogP contribution in [0.3, 0.4) is 0 Å². The Morgan fingerprint density at radius 2 is 2.06 bits per heavy atom. The van der Waals surface area contributed by atoms with Gasteiger partial charge in [0.25, 0.3) is 0 Å². The first kappa shape index (κ1) is 12.9. The molecule has 1 aromatic carbocycles. The third-order valence-electron chi connectivity index (χ3n) is 2.38. The van der Waals surface area contributed by atoms with Gasteiger partial charge in [0, 0.05) is 22.1 Å². The Kier molecular flexibility index (Phi) is 4.22. The Hall–Kier alpha value is -1.53. The van der Waals surface area contributed by atoms with Gasteiger partial charge < -0.3 is 9.63 Å². The summed E-state index contributed by atoms with van der Waals surface area (Å²) in [7, 11) is -1.16. The molecule has 0 saturated carbocycles. The van der Waals surface area contributed by atoms with Crippen molar-refractivity contribution < 1.29 is 13.8 Å². The lowest BCUT2D eigenvalue weighted by atomic mass is 10.1. The van der Waals surface area contributed by atoms with Gasteiger partial charge in [0.15, 0.2) is 0 Å². The summed E-state index contributed by atoms with van der Waals surface area (Å²) in [6.07, 6.45) is 0. The average molecular weight is 266 g/mol. The highest BCUT2D eigenvalue weighted by Gasteiger charge is 2.11. The molecule has 2 rings (SSSR count). The first-order valence-corrected chi connectivity index (χ1v) is 7.03. The van der Waals surface area contributed by atoms with Crippen LogP contribution in [-0.4, -0.2) is 31.8 Å². The molecule has 0 aliphatic heterocycles. The van der Waals surface area contributed by atoms with Crippen LogP contribution in [0.25, 0.3) is 11.4 Å². The number of nitrogens with zero attached hydrogens (tertiary/aromatic N) is 2. The largest absolute Gasteiger partial charge is 0.395 e. The van der Waals surface area contributed by atoms with Crippen molar-refractivity contribution in [2.45, 2.75) is 12.7 Å². The SMILES string of the molecule is Cc1ccc(-c2noc(CS(=O)CCO)n2)cc1. The lowest BCUT2D eigenvalue weighted by molar-refractivity contribution is 0.321. The van der Waals surface area contributed by atoms with Gasteiger partial charge in [0.2, 0.25) is 11.7 Å². The van der Waals surface area contributed by atoms with Gasteiger partial charge in [0.1, 0.15) is 5.75 Å². The molecule has 1 heterocycles. The van der Waals surface area contributed by atoms with E-state index in [2.05, 4.69) is 10.1 Å². The molecule has 0 radical (unpaired) electrons. The lowest BCUT2D eigenvalue weighted by Crippen LogP contribution is -2.04. The standard InChI is InChI=1S/C12H14N2O3S/c1-9-2-4-10(5-3-9)12-13-11(17-14-12)8-18(16)7-6-15/h2-5,15H,6-8H2,1H3. The summed E-state index contributed by atoms with van der Waals surface area (Å²) in [5.41, 5.74) is 2.02. The molecule has 1 unspecified atom stereocenters. The summed E-state index contributed by atoms with van der Waals surface area (Å²) in [5.74, 6) is 1.23. The maximum Gasteiger partial charge on any atom is 0.239 e. The van der Waals surface area contributed by atoms with E-state index in [9.17, 15) is 4.21 Å². The average Bonchev–Trinajstić information content (AvgIpc) is 2.78. The Morgan fingerprint density at radius 3 is 2.72 bits per heavy atom. The molecule has 0 bridgehead atoms. The normalized spacial score (nSPS) is 12.6. The molecule has 2 aromatic rings. The van der Waals surface area contributed by atoms with Crippen molar-refractivity contribution in [1.82, 2.24) is 10.1 Å². The Bertz CT molecular complexity index is 537. The van der Waals surface area contributed by atoms with Crippen LogP contribution in [0.15, 0.2) is 28.8 Å². The first-order chi connectivity index (χ1) is 8.69. The van der Waals surface area contributed by atoms with Crippen molar-refractivity contribution in [3.63, 3.8) is 0 Å². The van der Waals surface area contributed by atoms with Crippen LogP contribution in [0.2, 0.25) is 0 Å². The Morgan fingerprint density at radius 1 is 1.33 bits per heavy atom. The molecule has 1 aromatic heterocycles. The number of benzene rings is 1. The van der Waals surface area contributed by atoms with E-state index in [1.807, 2.05) is 31.2 Å². The molecular weight excluding hydrogens is 252 g/mol. The second kappa shape index (κ2) is 5.88. The zero-order valence-corrected chi connectivity index (χ0v) is 10.8. The third kappa shape index (κ3) is 3.24. The van der Waals surface area contributed by atoms with Crippen molar-refractivity contribution >= 4 is 10.8 Å². The minimum atomic E-state index is -1.16. The highest BCUT2D eigenvalue weighted by atomic mass is 32.2. The molecule has 1 N–H and O–H groups in total. The van der Waals surface area contributed by atoms with E-state index < -0.39 is 10.8 Å². The van der Waals surface area contributed by atoms with E-state index in [-0.39, 0.29) is 18.1 Å². The maximum absolute atomic E-state index is 11.4. The number of aromatic nitrogens is 2. The van der Waals surface area contributed by atoms with Crippen molar-refractivity contribution in [2.24, 2.45) is 0 Å². The van der Waals surface area contributed by atoms with E-state index >= 15 is 0 Å². The molecule has 0 fully saturated rings. The quantitative estimate of drug-likeness (QED) is 0.882. The first-order valence-electron chi connectivity index (χ1n) is 5.54. The van der Waals surface area contributed by atoms with E-state index in [4.69, 9.17) is 9.63 Å². The van der Waals surface area contributed by atoms with Gasteiger partial charge in [-0.15, -0.1) is 0 Å². The second-order valence-electron chi connectivity index (χ2n) is 3.89. The second-order valence-corrected chi connectivity index (χ2v) is 5.47. The summed E-state index contributed by atoms with van der Waals surface area (Å²) < 4.78 is 16.5. The van der Waals surface area contributed by atoms with Crippen molar-refractivity contribution in [3.8, 4) is 11.4 Å². The predicted molar refractivity (Wildman–Crippen MR) is 68.3 cm³/mol. The van der Waals surface area contributed by atoms with Crippen molar-refractivity contribution in [1.29, 1.82) is 0 Å². The molecule has 6 heteroatoms. The predicted octanol–water partition coefficient (Wildman–Crippen LogP) is 1.29. The van der Waals surface area contributed by atoms with Crippen LogP contribution in [0, 0.1) is 6.92 Å². The molecule has 0 amide bonds. The van der Waals surface area contributed by atoms with Crippen LogP contribution >= 0.6 is 0 Å². The highest BCUT2D eigenvalue weighted by Crippen LogP contribution is 2.16. The van der Waals surface area contributed by atoms with E-state index in [1.165, 1.54) is 0 Å². The topological polar surface area (TPSA) is 76.2 Å². The number of aryl methyl sites for hydroxylation is 1. The van der Waals surface area contributed by atoms with E-state index in [0.717, 1.165) is 11.1 Å². The third-order valence-corrected chi connectivity index (χ3v) is 3.59. The van der Waals surface area contributed by atoms with Gasteiger partial charge in [-0.3, -0.25) is 4.21 Å². The summed E-state index contributed by atoms with van der Waals surface area (Å²) >= 11 is 0. The summed E-state index contributed by atoms with van der Waals surface area (Å²) in [6, 6.07) is 7.76. The summed E-state index contributed by atoms with van der Waals surface area (Å²) in [5, 5.41) is 12.5. The van der Waals surface area contributed by atoms with Gasteiger partial charge in [0.05, 0.1) is 6.61 Å². The molecular formula is C12H14N2O3S. The van der Waals surface area contributed by atoms with Crippen LogP contribution < -0.4 is 0 Å². The number of rotatable bonds is 5. The van der Waals surface area contributed by atoms with Gasteiger partial charge in [-0.2, -0.15) is 4.98 Å². The molecule has 0 aliphatic carbocycles. The number of hydrogen-bond donors (Lipinski definition) is 1. The molecule has 18 heavy (non-hydrogen) atoms. The Labute approximate surface area is 107 Å². The van der Waals surface area contributed by atoms with Crippen LogP contribution in [0.1, 0.15) is 11.5 Å². The van der Waals surface area contributed by atoms with Crippen LogP contribution in [0.4, 0.5) is 0 Å². The minimum Gasteiger partial charge on any atom is -0.395 e. The number of aliphatic hydroxyl groups excluding tert-OH is 1. The van der Waals surface area contributed by atoms with Crippen molar-refractivity contribution in [3.05, 3.63) is 35.7 Å². The van der Waals surface area contributed by atoms with Crippen molar-refractivity contribution in [2.75, 3.05) is 12.4 Å². The van der Waals surface area contributed by atoms with Gasteiger partial charge in [-0.1, -0.05) is 35.0 Å². The van der Waals surface area contributed by atoms with Gasteiger partial charge in [-0.25, -0.2) is 0 Å². The molecule has 0 aliphatic rings. The molecule has 1 atom stereocenters. The zero-order chi connectivity index (χ0) is 13.0. The van der Waals surface area contributed by atoms with E-state index in [1.54, 1.807) is 0 Å². The van der Waals surface area contributed by atoms with Gasteiger partial charge >= 0.3 is 0 Å². The van der Waals surface area contributed by atoms with Crippen LogP contribution in [0.5, 0.6) is 0 Å². The maximum atomic E-state index is 11.4. The summed E-state index contributed by atoms with van der Waals surface area (Å²) in [6.45, 7) is 1.90.